The molecule has 0 fully saturated rings. The van der Waals surface area contributed by atoms with Crippen molar-refractivity contribution >= 4 is 23.3 Å². The summed E-state index contributed by atoms with van der Waals surface area (Å²) in [5, 5.41) is 2.71. The lowest BCUT2D eigenvalue weighted by Crippen LogP contribution is -2.51. The van der Waals surface area contributed by atoms with Gasteiger partial charge in [0.25, 0.3) is 0 Å². The normalized spacial score (nSPS) is 29.5. The van der Waals surface area contributed by atoms with Crippen LogP contribution < -0.4 is 10.4 Å². The molecule has 0 heteroatoms. The fourth-order valence-corrected chi connectivity index (χ4v) is 5.61. The van der Waals surface area contributed by atoms with Crippen molar-refractivity contribution < 1.29 is 0 Å². The van der Waals surface area contributed by atoms with E-state index < -0.39 is 0 Å². The summed E-state index contributed by atoms with van der Waals surface area (Å²) >= 11 is 0. The van der Waals surface area contributed by atoms with Gasteiger partial charge in [0.15, 0.2) is 0 Å². The van der Waals surface area contributed by atoms with E-state index in [1.54, 1.807) is 0 Å². The predicted molar refractivity (Wildman–Crippen MR) is 109 cm³/mol. The molecule has 0 unspecified atom stereocenters. The van der Waals surface area contributed by atoms with Gasteiger partial charge < -0.3 is 0 Å². The number of hydrogen-bond donors (Lipinski definition) is 0. The van der Waals surface area contributed by atoms with Crippen LogP contribution in [0.25, 0.3) is 23.3 Å². The molecular formula is C26H20. The molecule has 0 bridgehead atoms. The van der Waals surface area contributed by atoms with Gasteiger partial charge in [0.2, 0.25) is 0 Å². The van der Waals surface area contributed by atoms with Gasteiger partial charge in [0.1, 0.15) is 0 Å². The highest BCUT2D eigenvalue weighted by Crippen LogP contribution is 2.67. The molecule has 0 N–H and O–H groups in total. The highest BCUT2D eigenvalue weighted by molar-refractivity contribution is 5.96. The predicted octanol–water partition coefficient (Wildman–Crippen LogP) is 4.63. The molecule has 26 heavy (non-hydrogen) atoms. The largest absolute Gasteiger partial charge is 0.0616 e. The van der Waals surface area contributed by atoms with Gasteiger partial charge in [-0.3, -0.25) is 0 Å². The Labute approximate surface area is 153 Å². The molecule has 0 nitrogen and oxygen atoms in total. The quantitative estimate of drug-likeness (QED) is 0.659. The van der Waals surface area contributed by atoms with Gasteiger partial charge in [-0.15, -0.1) is 0 Å². The van der Waals surface area contributed by atoms with E-state index in [9.17, 15) is 0 Å². The molecule has 4 aliphatic rings. The van der Waals surface area contributed by atoms with Crippen molar-refractivity contribution in [2.75, 3.05) is 0 Å². The van der Waals surface area contributed by atoms with E-state index in [-0.39, 0.29) is 10.8 Å². The van der Waals surface area contributed by atoms with E-state index in [0.29, 0.717) is 0 Å². The molecule has 0 amide bonds. The fourth-order valence-electron chi connectivity index (χ4n) is 5.61. The molecule has 0 saturated carbocycles. The molecule has 0 radical (unpaired) electrons. The smallest absolute Gasteiger partial charge is 0.0315 e. The van der Waals surface area contributed by atoms with E-state index in [1.165, 1.54) is 43.9 Å². The second kappa shape index (κ2) is 4.45. The van der Waals surface area contributed by atoms with Gasteiger partial charge in [-0.1, -0.05) is 98.8 Å². The number of rotatable bonds is 0. The van der Waals surface area contributed by atoms with Crippen LogP contribution in [0.2, 0.25) is 0 Å². The zero-order chi connectivity index (χ0) is 17.5. The lowest BCUT2D eigenvalue weighted by atomic mass is 9.45. The number of fused-ring (bicyclic) bond motifs is 3. The molecule has 6 rings (SSSR count). The minimum absolute atomic E-state index is 0.0421. The fraction of sp³-hybridized carbons (Fsp3) is 0.154. The second-order valence-electron chi connectivity index (χ2n) is 8.12. The first kappa shape index (κ1) is 14.3. The highest BCUT2D eigenvalue weighted by atomic mass is 14.6. The van der Waals surface area contributed by atoms with Crippen molar-refractivity contribution in [3.63, 3.8) is 0 Å². The Kier molecular flexibility index (Phi) is 2.45. The lowest BCUT2D eigenvalue weighted by molar-refractivity contribution is 0.309. The first-order valence-corrected chi connectivity index (χ1v) is 9.38. The number of hydrogen-bond acceptors (Lipinski definition) is 0. The Morgan fingerprint density at radius 2 is 1.50 bits per heavy atom. The first-order valence-electron chi connectivity index (χ1n) is 9.38. The van der Waals surface area contributed by atoms with Crippen LogP contribution in [0.15, 0.2) is 84.0 Å². The third-order valence-electron chi connectivity index (χ3n) is 7.22. The van der Waals surface area contributed by atoms with Gasteiger partial charge >= 0.3 is 0 Å². The number of allylic oxidation sites excluding steroid dienone is 7. The summed E-state index contributed by atoms with van der Waals surface area (Å²) in [6.45, 7) is 4.89. The van der Waals surface area contributed by atoms with Crippen LogP contribution in [-0.4, -0.2) is 0 Å². The molecule has 0 aromatic heterocycles. The van der Waals surface area contributed by atoms with Crippen LogP contribution >= 0.6 is 0 Å². The highest BCUT2D eigenvalue weighted by Gasteiger charge is 2.57. The van der Waals surface area contributed by atoms with Gasteiger partial charge in [-0.2, -0.15) is 0 Å². The van der Waals surface area contributed by atoms with Crippen LogP contribution in [0, 0.1) is 10.8 Å². The molecule has 2 aromatic carbocycles. The van der Waals surface area contributed by atoms with E-state index in [4.69, 9.17) is 0 Å². The summed E-state index contributed by atoms with van der Waals surface area (Å²) in [6.07, 6.45) is 14.2. The molecule has 2 atom stereocenters. The molecule has 124 valence electrons. The number of benzene rings is 2. The molecule has 2 aromatic rings. The third kappa shape index (κ3) is 1.40. The Bertz CT molecular complexity index is 1240. The summed E-state index contributed by atoms with van der Waals surface area (Å²) in [5.41, 5.74) is 8.37. The van der Waals surface area contributed by atoms with Crippen molar-refractivity contribution in [1.29, 1.82) is 0 Å². The van der Waals surface area contributed by atoms with Gasteiger partial charge in [0, 0.05) is 10.8 Å². The van der Waals surface area contributed by atoms with Gasteiger partial charge in [0.05, 0.1) is 0 Å². The molecule has 4 aliphatic carbocycles. The average Bonchev–Trinajstić information content (AvgIpc) is 2.65. The van der Waals surface area contributed by atoms with Crippen molar-refractivity contribution in [1.82, 2.24) is 0 Å². The first-order chi connectivity index (χ1) is 12.6. The monoisotopic (exact) mass is 332 g/mol. The van der Waals surface area contributed by atoms with Crippen LogP contribution in [0.1, 0.15) is 25.0 Å². The van der Waals surface area contributed by atoms with E-state index in [1.807, 2.05) is 0 Å². The summed E-state index contributed by atoms with van der Waals surface area (Å²) in [5.74, 6) is 0. The van der Waals surface area contributed by atoms with Gasteiger partial charge in [-0.25, -0.2) is 0 Å². The maximum atomic E-state index is 2.44. The minimum Gasteiger partial charge on any atom is -0.0616 e. The Balaban J connectivity index is 1.83. The molecule has 0 spiro atoms. The standard InChI is InChI=1S/C26H20/c1-25-19-11-14-24-22-10-6-4-8-18(22)16-20(26(24,25)2)12-13-23(25)21-9-5-3-7-17(21)15-19/h3-16H,1-2H3/t25-,26+. The van der Waals surface area contributed by atoms with Crippen molar-refractivity contribution in [3.8, 4) is 0 Å². The summed E-state index contributed by atoms with van der Waals surface area (Å²) < 4.78 is 0. The van der Waals surface area contributed by atoms with Gasteiger partial charge in [-0.05, 0) is 43.9 Å². The van der Waals surface area contributed by atoms with Crippen LogP contribution in [0.4, 0.5) is 0 Å². The average molecular weight is 332 g/mol. The second-order valence-corrected chi connectivity index (χ2v) is 8.12. The van der Waals surface area contributed by atoms with E-state index in [2.05, 4.69) is 98.8 Å². The van der Waals surface area contributed by atoms with E-state index in [0.717, 1.165) is 0 Å². The minimum atomic E-state index is -0.0421. The van der Waals surface area contributed by atoms with E-state index >= 15 is 0 Å². The van der Waals surface area contributed by atoms with Crippen LogP contribution in [0.3, 0.4) is 0 Å². The summed E-state index contributed by atoms with van der Waals surface area (Å²) in [4.78, 5) is 0. The van der Waals surface area contributed by atoms with Crippen LogP contribution in [0.5, 0.6) is 0 Å². The topological polar surface area (TPSA) is 0 Å². The molecule has 0 saturated heterocycles. The summed E-state index contributed by atoms with van der Waals surface area (Å²) in [6, 6.07) is 17.6. The molecule has 0 heterocycles. The summed E-state index contributed by atoms with van der Waals surface area (Å²) in [7, 11) is 0. The van der Waals surface area contributed by atoms with Crippen molar-refractivity contribution in [3.05, 3.63) is 106 Å². The zero-order valence-electron chi connectivity index (χ0n) is 15.1. The third-order valence-corrected chi connectivity index (χ3v) is 7.22. The lowest BCUT2D eigenvalue weighted by Gasteiger charge is -2.57. The maximum absolute atomic E-state index is 2.44. The van der Waals surface area contributed by atoms with Crippen LogP contribution in [-0.2, 0) is 0 Å². The SMILES string of the molecule is C[C@]12C3=Cc4ccccc4C1=CC=C1C=c4ccccc4=C(C=C3)[C@@]12C. The molecule has 0 aliphatic heterocycles. The Morgan fingerprint density at radius 1 is 0.692 bits per heavy atom. The Hall–Kier alpha value is -2.86. The Morgan fingerprint density at radius 3 is 2.42 bits per heavy atom. The zero-order valence-corrected chi connectivity index (χ0v) is 15.1. The maximum Gasteiger partial charge on any atom is 0.0315 e. The molecular weight excluding hydrogens is 312 g/mol. The van der Waals surface area contributed by atoms with Crippen molar-refractivity contribution in [2.45, 2.75) is 13.8 Å². The van der Waals surface area contributed by atoms with Crippen molar-refractivity contribution in [2.24, 2.45) is 10.8 Å².